The van der Waals surface area contributed by atoms with Gasteiger partial charge in [-0.1, -0.05) is 35.5 Å². The van der Waals surface area contributed by atoms with Crippen molar-refractivity contribution in [2.24, 2.45) is 0 Å². The van der Waals surface area contributed by atoms with E-state index >= 15 is 0 Å². The molecule has 5 nitrogen and oxygen atoms in total. The SMILES string of the molecule is COc1cccc(-n2ccnc2SC(C)C(=O)Nc2cccc(Cl)c2C)c1. The summed E-state index contributed by atoms with van der Waals surface area (Å²) in [7, 11) is 1.63. The molecule has 0 bridgehead atoms. The molecule has 0 radical (unpaired) electrons. The molecule has 3 rings (SSSR count). The summed E-state index contributed by atoms with van der Waals surface area (Å²) in [5.74, 6) is 0.657. The van der Waals surface area contributed by atoms with Crippen LogP contribution in [0.3, 0.4) is 0 Å². The largest absolute Gasteiger partial charge is 0.497 e. The van der Waals surface area contributed by atoms with Crippen LogP contribution in [0.15, 0.2) is 60.0 Å². The molecule has 7 heteroatoms. The average molecular weight is 402 g/mol. The van der Waals surface area contributed by atoms with E-state index in [1.807, 2.05) is 61.0 Å². The lowest BCUT2D eigenvalue weighted by molar-refractivity contribution is -0.115. The van der Waals surface area contributed by atoms with Gasteiger partial charge in [-0.2, -0.15) is 0 Å². The lowest BCUT2D eigenvalue weighted by Crippen LogP contribution is -2.23. The van der Waals surface area contributed by atoms with Crippen LogP contribution in [0.2, 0.25) is 5.02 Å². The van der Waals surface area contributed by atoms with Gasteiger partial charge >= 0.3 is 0 Å². The van der Waals surface area contributed by atoms with Crippen LogP contribution in [0.4, 0.5) is 5.69 Å². The van der Waals surface area contributed by atoms with Gasteiger partial charge in [-0.25, -0.2) is 4.98 Å². The summed E-state index contributed by atoms with van der Waals surface area (Å²) in [4.78, 5) is 17.0. The Morgan fingerprint density at radius 3 is 2.85 bits per heavy atom. The average Bonchev–Trinajstić information content (AvgIpc) is 3.13. The monoisotopic (exact) mass is 401 g/mol. The van der Waals surface area contributed by atoms with Crippen LogP contribution in [0, 0.1) is 6.92 Å². The van der Waals surface area contributed by atoms with Crippen LogP contribution in [0.1, 0.15) is 12.5 Å². The van der Waals surface area contributed by atoms with Gasteiger partial charge in [0, 0.05) is 29.2 Å². The third-order valence-electron chi connectivity index (χ3n) is 4.12. The molecule has 1 N–H and O–H groups in total. The minimum Gasteiger partial charge on any atom is -0.497 e. The predicted octanol–water partition coefficient (Wildman–Crippen LogP) is 4.96. The number of anilines is 1. The molecule has 27 heavy (non-hydrogen) atoms. The van der Waals surface area contributed by atoms with E-state index in [-0.39, 0.29) is 11.2 Å². The first-order valence-corrected chi connectivity index (χ1v) is 9.65. The summed E-state index contributed by atoms with van der Waals surface area (Å²) in [6, 6.07) is 13.2. The number of carbonyl (C=O) groups is 1. The number of amides is 1. The van der Waals surface area contributed by atoms with Crippen molar-refractivity contribution in [2.45, 2.75) is 24.3 Å². The molecule has 0 spiro atoms. The van der Waals surface area contributed by atoms with Gasteiger partial charge in [-0.3, -0.25) is 9.36 Å². The quantitative estimate of drug-likeness (QED) is 0.593. The smallest absolute Gasteiger partial charge is 0.237 e. The highest BCUT2D eigenvalue weighted by molar-refractivity contribution is 8.00. The van der Waals surface area contributed by atoms with E-state index in [1.54, 1.807) is 19.4 Å². The zero-order valence-corrected chi connectivity index (χ0v) is 16.8. The van der Waals surface area contributed by atoms with Crippen molar-refractivity contribution in [1.82, 2.24) is 9.55 Å². The zero-order valence-electron chi connectivity index (χ0n) is 15.3. The number of hydrogen-bond acceptors (Lipinski definition) is 4. The van der Waals surface area contributed by atoms with E-state index in [4.69, 9.17) is 16.3 Å². The van der Waals surface area contributed by atoms with Crippen LogP contribution >= 0.6 is 23.4 Å². The molecule has 0 saturated heterocycles. The van der Waals surface area contributed by atoms with Crippen molar-refractivity contribution in [3.05, 3.63) is 65.4 Å². The lowest BCUT2D eigenvalue weighted by Gasteiger charge is -2.15. The zero-order chi connectivity index (χ0) is 19.4. The third kappa shape index (κ3) is 4.46. The van der Waals surface area contributed by atoms with Crippen LogP contribution in [0.5, 0.6) is 5.75 Å². The Morgan fingerprint density at radius 2 is 2.07 bits per heavy atom. The summed E-state index contributed by atoms with van der Waals surface area (Å²) in [6.45, 7) is 3.73. The fraction of sp³-hybridized carbons (Fsp3) is 0.200. The highest BCUT2D eigenvalue weighted by atomic mass is 35.5. The van der Waals surface area contributed by atoms with Gasteiger partial charge in [0.15, 0.2) is 5.16 Å². The molecule has 140 valence electrons. The van der Waals surface area contributed by atoms with Crippen LogP contribution < -0.4 is 10.1 Å². The first kappa shape index (κ1) is 19.3. The molecule has 0 fully saturated rings. The van der Waals surface area contributed by atoms with Crippen molar-refractivity contribution in [2.75, 3.05) is 12.4 Å². The van der Waals surface area contributed by atoms with Crippen LogP contribution in [0.25, 0.3) is 5.69 Å². The fourth-order valence-electron chi connectivity index (χ4n) is 2.52. The maximum absolute atomic E-state index is 12.6. The predicted molar refractivity (Wildman–Crippen MR) is 110 cm³/mol. The second-order valence-corrected chi connectivity index (χ2v) is 7.66. The molecule has 1 aromatic heterocycles. The maximum atomic E-state index is 12.6. The van der Waals surface area contributed by atoms with E-state index in [1.165, 1.54) is 11.8 Å². The molecule has 2 aromatic carbocycles. The van der Waals surface area contributed by atoms with Crippen molar-refractivity contribution < 1.29 is 9.53 Å². The highest BCUT2D eigenvalue weighted by Crippen LogP contribution is 2.28. The van der Waals surface area contributed by atoms with Gasteiger partial charge < -0.3 is 10.1 Å². The molecule has 0 aliphatic rings. The highest BCUT2D eigenvalue weighted by Gasteiger charge is 2.19. The Bertz CT molecular complexity index is 958. The molecule has 0 saturated carbocycles. The summed E-state index contributed by atoms with van der Waals surface area (Å²) >= 11 is 7.51. The van der Waals surface area contributed by atoms with Crippen molar-refractivity contribution in [3.8, 4) is 11.4 Å². The van der Waals surface area contributed by atoms with Crippen molar-refractivity contribution in [1.29, 1.82) is 0 Å². The lowest BCUT2D eigenvalue weighted by atomic mass is 10.2. The number of aromatic nitrogens is 2. The van der Waals surface area contributed by atoms with Gasteiger partial charge in [-0.05, 0) is 43.7 Å². The minimum atomic E-state index is -0.338. The van der Waals surface area contributed by atoms with Crippen LogP contribution in [-0.4, -0.2) is 27.8 Å². The number of ether oxygens (including phenoxy) is 1. The van der Waals surface area contributed by atoms with Gasteiger partial charge in [0.05, 0.1) is 18.0 Å². The molecule has 0 aliphatic heterocycles. The molecule has 1 atom stereocenters. The second kappa shape index (κ2) is 8.50. The number of imidazole rings is 1. The van der Waals surface area contributed by atoms with Gasteiger partial charge in [0.25, 0.3) is 0 Å². The molecular formula is C20H20ClN3O2S. The second-order valence-electron chi connectivity index (χ2n) is 5.94. The van der Waals surface area contributed by atoms with Gasteiger partial charge in [0.1, 0.15) is 5.75 Å². The molecule has 3 aromatic rings. The van der Waals surface area contributed by atoms with Crippen LogP contribution in [-0.2, 0) is 4.79 Å². The number of benzene rings is 2. The standard InChI is InChI=1S/C20H20ClN3O2S/c1-13-17(21)8-5-9-18(13)23-19(25)14(2)27-20-22-10-11-24(20)15-6-4-7-16(12-15)26-3/h4-12,14H,1-3H3,(H,23,25). The Balaban J connectivity index is 1.75. The summed E-state index contributed by atoms with van der Waals surface area (Å²) in [5, 5.41) is 3.96. The Kier molecular flexibility index (Phi) is 6.08. The molecule has 1 amide bonds. The number of rotatable bonds is 6. The van der Waals surface area contributed by atoms with E-state index in [9.17, 15) is 4.79 Å². The number of carbonyl (C=O) groups excluding carboxylic acids is 1. The van der Waals surface area contributed by atoms with E-state index in [0.29, 0.717) is 5.02 Å². The van der Waals surface area contributed by atoms with Gasteiger partial charge in [0.2, 0.25) is 5.91 Å². The number of thioether (sulfide) groups is 1. The summed E-state index contributed by atoms with van der Waals surface area (Å²) < 4.78 is 7.22. The number of nitrogens with zero attached hydrogens (tertiary/aromatic N) is 2. The first-order valence-electron chi connectivity index (χ1n) is 8.40. The normalized spacial score (nSPS) is 11.9. The van der Waals surface area contributed by atoms with E-state index < -0.39 is 0 Å². The number of nitrogens with one attached hydrogen (secondary N) is 1. The summed E-state index contributed by atoms with van der Waals surface area (Å²) in [6.07, 6.45) is 3.58. The van der Waals surface area contributed by atoms with E-state index in [0.717, 1.165) is 27.8 Å². The first-order chi connectivity index (χ1) is 13.0. The maximum Gasteiger partial charge on any atom is 0.237 e. The fourth-order valence-corrected chi connectivity index (χ4v) is 3.58. The summed E-state index contributed by atoms with van der Waals surface area (Å²) in [5.41, 5.74) is 2.49. The topological polar surface area (TPSA) is 56.2 Å². The van der Waals surface area contributed by atoms with Crippen molar-refractivity contribution >= 4 is 35.0 Å². The Hall–Kier alpha value is -2.44. The number of hydrogen-bond donors (Lipinski definition) is 1. The minimum absolute atomic E-state index is 0.106. The molecule has 0 aliphatic carbocycles. The molecule has 1 unspecified atom stereocenters. The molecular weight excluding hydrogens is 382 g/mol. The van der Waals surface area contributed by atoms with Gasteiger partial charge in [-0.15, -0.1) is 0 Å². The Morgan fingerprint density at radius 1 is 1.30 bits per heavy atom. The van der Waals surface area contributed by atoms with E-state index in [2.05, 4.69) is 10.3 Å². The number of methoxy groups -OCH3 is 1. The third-order valence-corrected chi connectivity index (χ3v) is 5.61. The number of halogens is 1. The van der Waals surface area contributed by atoms with Crippen molar-refractivity contribution in [3.63, 3.8) is 0 Å². The Labute approximate surface area is 167 Å². The molecule has 1 heterocycles.